The van der Waals surface area contributed by atoms with Crippen LogP contribution in [0.2, 0.25) is 5.15 Å². The van der Waals surface area contributed by atoms with Crippen molar-refractivity contribution in [2.45, 2.75) is 6.42 Å². The molecule has 0 spiro atoms. The van der Waals surface area contributed by atoms with Gasteiger partial charge in [-0.3, -0.25) is 4.79 Å². The van der Waals surface area contributed by atoms with E-state index in [0.29, 0.717) is 23.1 Å². The average Bonchev–Trinajstić information content (AvgIpc) is 2.25. The summed E-state index contributed by atoms with van der Waals surface area (Å²) in [5.41, 5.74) is 6.95. The molecule has 0 saturated heterocycles. The zero-order chi connectivity index (χ0) is 12.1. The quantitative estimate of drug-likeness (QED) is 0.638. The summed E-state index contributed by atoms with van der Waals surface area (Å²) in [5.74, 6) is -0.273. The van der Waals surface area contributed by atoms with Gasteiger partial charge in [-0.2, -0.15) is 0 Å². The topological polar surface area (TPSA) is 68.5 Å². The summed E-state index contributed by atoms with van der Waals surface area (Å²) >= 11 is 5.92. The molecule has 0 amide bonds. The van der Waals surface area contributed by atoms with E-state index in [1.54, 1.807) is 18.0 Å². The maximum atomic E-state index is 11.0. The number of methoxy groups -OCH3 is 1. The number of hydrogen-bond acceptors (Lipinski definition) is 5. The van der Waals surface area contributed by atoms with Gasteiger partial charge in [0.15, 0.2) is 5.15 Å². The molecule has 0 unspecified atom stereocenters. The highest BCUT2D eigenvalue weighted by Crippen LogP contribution is 2.28. The van der Waals surface area contributed by atoms with E-state index >= 15 is 0 Å². The van der Waals surface area contributed by atoms with Crippen LogP contribution in [-0.2, 0) is 9.53 Å². The van der Waals surface area contributed by atoms with Gasteiger partial charge in [0.05, 0.1) is 24.9 Å². The standard InChI is InChI=1S/C10H14ClN3O2/c1-14(6-4-8(15)16-2)9-7(12)3-5-13-10(9)11/h3,5H,4,6H2,1-2H3,(H2,12,13). The lowest BCUT2D eigenvalue weighted by Crippen LogP contribution is -2.23. The number of esters is 1. The van der Waals surface area contributed by atoms with E-state index < -0.39 is 0 Å². The van der Waals surface area contributed by atoms with Crippen molar-refractivity contribution < 1.29 is 9.53 Å². The lowest BCUT2D eigenvalue weighted by molar-refractivity contribution is -0.140. The summed E-state index contributed by atoms with van der Waals surface area (Å²) in [4.78, 5) is 16.7. The number of halogens is 1. The fourth-order valence-corrected chi connectivity index (χ4v) is 1.60. The number of carbonyl (C=O) groups is 1. The first-order valence-electron chi connectivity index (χ1n) is 4.74. The fourth-order valence-electron chi connectivity index (χ4n) is 1.29. The second-order valence-corrected chi connectivity index (χ2v) is 3.65. The molecule has 0 aliphatic rings. The predicted octanol–water partition coefficient (Wildman–Crippen LogP) is 1.32. The Hall–Kier alpha value is -1.49. The number of nitrogens with two attached hydrogens (primary N) is 1. The van der Waals surface area contributed by atoms with Gasteiger partial charge in [-0.25, -0.2) is 4.98 Å². The molecular formula is C10H14ClN3O2. The van der Waals surface area contributed by atoms with E-state index in [0.717, 1.165) is 0 Å². The zero-order valence-corrected chi connectivity index (χ0v) is 9.99. The van der Waals surface area contributed by atoms with Crippen molar-refractivity contribution in [3.05, 3.63) is 17.4 Å². The van der Waals surface area contributed by atoms with Crippen LogP contribution in [-0.4, -0.2) is 31.7 Å². The number of nitrogen functional groups attached to an aromatic ring is 1. The molecule has 1 rings (SSSR count). The van der Waals surface area contributed by atoms with Crippen LogP contribution in [0.3, 0.4) is 0 Å². The number of carbonyl (C=O) groups excluding carboxylic acids is 1. The van der Waals surface area contributed by atoms with Gasteiger partial charge in [0.2, 0.25) is 0 Å². The minimum absolute atomic E-state index is 0.273. The summed E-state index contributed by atoms with van der Waals surface area (Å²) in [6.45, 7) is 0.474. The molecule has 0 bridgehead atoms. The Labute approximate surface area is 99.2 Å². The number of nitrogens with zero attached hydrogens (tertiary/aromatic N) is 2. The molecule has 0 atom stereocenters. The number of aromatic nitrogens is 1. The predicted molar refractivity (Wildman–Crippen MR) is 63.6 cm³/mol. The molecule has 1 aromatic heterocycles. The molecule has 0 radical (unpaired) electrons. The molecule has 6 heteroatoms. The van der Waals surface area contributed by atoms with Gasteiger partial charge in [0.25, 0.3) is 0 Å². The van der Waals surface area contributed by atoms with Crippen molar-refractivity contribution in [2.24, 2.45) is 0 Å². The highest BCUT2D eigenvalue weighted by atomic mass is 35.5. The first-order chi connectivity index (χ1) is 7.56. The van der Waals surface area contributed by atoms with E-state index in [2.05, 4.69) is 9.72 Å². The monoisotopic (exact) mass is 243 g/mol. The molecule has 0 aromatic carbocycles. The molecule has 88 valence electrons. The molecular weight excluding hydrogens is 230 g/mol. The lowest BCUT2D eigenvalue weighted by atomic mass is 10.3. The second kappa shape index (κ2) is 5.55. The molecule has 0 saturated carbocycles. The summed E-state index contributed by atoms with van der Waals surface area (Å²) in [5, 5.41) is 0.326. The number of ether oxygens (including phenoxy) is 1. The van der Waals surface area contributed by atoms with Crippen molar-refractivity contribution in [1.82, 2.24) is 4.98 Å². The van der Waals surface area contributed by atoms with Crippen molar-refractivity contribution in [1.29, 1.82) is 0 Å². The van der Waals surface area contributed by atoms with Crippen molar-refractivity contribution in [3.8, 4) is 0 Å². The Balaban J connectivity index is 2.73. The minimum atomic E-state index is -0.273. The summed E-state index contributed by atoms with van der Waals surface area (Å²) in [6.07, 6.45) is 1.81. The Morgan fingerprint density at radius 3 is 2.94 bits per heavy atom. The van der Waals surface area contributed by atoms with Gasteiger partial charge in [0, 0.05) is 19.8 Å². The maximum absolute atomic E-state index is 11.0. The van der Waals surface area contributed by atoms with E-state index in [4.69, 9.17) is 17.3 Å². The van der Waals surface area contributed by atoms with Crippen LogP contribution >= 0.6 is 11.6 Å². The molecule has 0 aliphatic carbocycles. The van der Waals surface area contributed by atoms with Gasteiger partial charge in [-0.1, -0.05) is 11.6 Å². The Morgan fingerprint density at radius 2 is 2.38 bits per heavy atom. The summed E-state index contributed by atoms with van der Waals surface area (Å²) < 4.78 is 4.55. The van der Waals surface area contributed by atoms with Crippen molar-refractivity contribution in [3.63, 3.8) is 0 Å². The average molecular weight is 244 g/mol. The van der Waals surface area contributed by atoms with Gasteiger partial charge < -0.3 is 15.4 Å². The van der Waals surface area contributed by atoms with Gasteiger partial charge in [0.1, 0.15) is 0 Å². The molecule has 1 aromatic rings. The first kappa shape index (κ1) is 12.6. The zero-order valence-electron chi connectivity index (χ0n) is 9.24. The fraction of sp³-hybridized carbons (Fsp3) is 0.400. The van der Waals surface area contributed by atoms with Crippen LogP contribution in [0.15, 0.2) is 12.3 Å². The third-order valence-corrected chi connectivity index (χ3v) is 2.45. The second-order valence-electron chi connectivity index (χ2n) is 3.29. The highest BCUT2D eigenvalue weighted by Gasteiger charge is 2.12. The third-order valence-electron chi connectivity index (χ3n) is 2.17. The number of hydrogen-bond donors (Lipinski definition) is 1. The first-order valence-corrected chi connectivity index (χ1v) is 5.12. The van der Waals surface area contributed by atoms with Crippen LogP contribution in [0, 0.1) is 0 Å². The van der Waals surface area contributed by atoms with Crippen LogP contribution in [0.5, 0.6) is 0 Å². The Morgan fingerprint density at radius 1 is 1.69 bits per heavy atom. The van der Waals surface area contributed by atoms with Gasteiger partial charge in [-0.15, -0.1) is 0 Å². The summed E-state index contributed by atoms with van der Waals surface area (Å²) in [6, 6.07) is 1.66. The normalized spacial score (nSPS) is 9.94. The van der Waals surface area contributed by atoms with E-state index in [-0.39, 0.29) is 12.4 Å². The Bertz CT molecular complexity index is 364. The van der Waals surface area contributed by atoms with E-state index in [1.165, 1.54) is 13.3 Å². The molecule has 5 nitrogen and oxygen atoms in total. The largest absolute Gasteiger partial charge is 0.469 e. The van der Waals surface area contributed by atoms with Gasteiger partial charge in [-0.05, 0) is 6.07 Å². The van der Waals surface area contributed by atoms with Crippen molar-refractivity contribution >= 4 is 28.9 Å². The molecule has 1 heterocycles. The van der Waals surface area contributed by atoms with Gasteiger partial charge >= 0.3 is 5.97 Å². The van der Waals surface area contributed by atoms with E-state index in [1.807, 2.05) is 0 Å². The van der Waals surface area contributed by atoms with Crippen LogP contribution in [0.1, 0.15) is 6.42 Å². The number of anilines is 2. The van der Waals surface area contributed by atoms with Crippen LogP contribution in [0.4, 0.5) is 11.4 Å². The smallest absolute Gasteiger partial charge is 0.307 e. The molecule has 2 N–H and O–H groups in total. The number of pyridine rings is 1. The van der Waals surface area contributed by atoms with Crippen molar-refractivity contribution in [2.75, 3.05) is 31.3 Å². The molecule has 16 heavy (non-hydrogen) atoms. The van der Waals surface area contributed by atoms with E-state index in [9.17, 15) is 4.79 Å². The molecule has 0 aliphatic heterocycles. The van der Waals surface area contributed by atoms with Crippen LogP contribution < -0.4 is 10.6 Å². The molecule has 0 fully saturated rings. The maximum Gasteiger partial charge on any atom is 0.307 e. The Kier molecular flexibility index (Phi) is 4.37. The van der Waals surface area contributed by atoms with Crippen LogP contribution in [0.25, 0.3) is 0 Å². The number of rotatable bonds is 4. The minimum Gasteiger partial charge on any atom is -0.469 e. The lowest BCUT2D eigenvalue weighted by Gasteiger charge is -2.20. The summed E-state index contributed by atoms with van der Waals surface area (Å²) in [7, 11) is 3.15. The SMILES string of the molecule is COC(=O)CCN(C)c1c(N)ccnc1Cl. The third kappa shape index (κ3) is 3.00. The highest BCUT2D eigenvalue weighted by molar-refractivity contribution is 6.32.